The maximum atomic E-state index is 12.7. The van der Waals surface area contributed by atoms with E-state index in [-0.39, 0.29) is 42.4 Å². The first-order valence-corrected chi connectivity index (χ1v) is 11.1. The predicted molar refractivity (Wildman–Crippen MR) is 133 cm³/mol. The van der Waals surface area contributed by atoms with E-state index < -0.39 is 30.0 Å². The number of hydrogen-bond donors (Lipinski definition) is 4. The number of anilines is 1. The first kappa shape index (κ1) is 28.7. The zero-order chi connectivity index (χ0) is 25.0. The molecule has 0 fully saturated rings. The molecule has 3 rings (SSSR count). The number of aryl methyl sites for hydroxylation is 2. The molecule has 1 heterocycles. The Balaban J connectivity index is 0.00000324. The van der Waals surface area contributed by atoms with Gasteiger partial charge in [-0.05, 0) is 48.7 Å². The van der Waals surface area contributed by atoms with Gasteiger partial charge >= 0.3 is 41.6 Å². The van der Waals surface area contributed by atoms with Crippen molar-refractivity contribution in [3.8, 4) is 16.9 Å². The molecule has 2 amide bonds. The summed E-state index contributed by atoms with van der Waals surface area (Å²) in [5.41, 5.74) is 1.60. The van der Waals surface area contributed by atoms with Crippen LogP contribution in [0.3, 0.4) is 0 Å². The van der Waals surface area contributed by atoms with Crippen molar-refractivity contribution in [3.63, 3.8) is 0 Å². The molecule has 0 spiro atoms. The quantitative estimate of drug-likeness (QED) is 0.351. The van der Waals surface area contributed by atoms with Crippen molar-refractivity contribution in [1.82, 2.24) is 9.88 Å². The monoisotopic (exact) mass is 527 g/mol. The SMILES string of the molecule is CCn1cc(C)c(O)c(NC(=O)NC(CC(=O)O)c2cccc(-c3ccc(Cl)c(Cl)c3)c2)c1=O.[H-].[Na+]. The third-order valence-electron chi connectivity index (χ3n) is 5.24. The maximum Gasteiger partial charge on any atom is 1.00 e. The minimum Gasteiger partial charge on any atom is -1.00 e. The van der Waals surface area contributed by atoms with Crippen LogP contribution in [0.2, 0.25) is 10.0 Å². The molecular weight excluding hydrogens is 504 g/mol. The average molecular weight is 528 g/mol. The molecule has 0 radical (unpaired) electrons. The summed E-state index contributed by atoms with van der Waals surface area (Å²) in [7, 11) is 0. The average Bonchev–Trinajstić information content (AvgIpc) is 2.80. The van der Waals surface area contributed by atoms with E-state index in [0.29, 0.717) is 27.7 Å². The molecule has 1 aromatic heterocycles. The maximum absolute atomic E-state index is 12.7. The van der Waals surface area contributed by atoms with Crippen LogP contribution in [0.5, 0.6) is 5.75 Å². The van der Waals surface area contributed by atoms with Gasteiger partial charge in [-0.3, -0.25) is 9.59 Å². The number of rotatable bonds is 7. The van der Waals surface area contributed by atoms with Gasteiger partial charge in [0.2, 0.25) is 0 Å². The Labute approximate surface area is 235 Å². The van der Waals surface area contributed by atoms with Gasteiger partial charge in [-0.2, -0.15) is 0 Å². The van der Waals surface area contributed by atoms with Crippen molar-refractivity contribution in [2.45, 2.75) is 32.9 Å². The fourth-order valence-corrected chi connectivity index (χ4v) is 3.79. The number of aliphatic carboxylic acids is 1. The molecule has 0 saturated carbocycles. The fourth-order valence-electron chi connectivity index (χ4n) is 3.49. The van der Waals surface area contributed by atoms with E-state index >= 15 is 0 Å². The Bertz CT molecular complexity index is 1320. The zero-order valence-electron chi connectivity index (χ0n) is 20.4. The van der Waals surface area contributed by atoms with E-state index in [9.17, 15) is 24.6 Å². The molecule has 8 nitrogen and oxygen atoms in total. The first-order valence-electron chi connectivity index (χ1n) is 10.4. The van der Waals surface area contributed by atoms with Crippen LogP contribution in [0.25, 0.3) is 11.1 Å². The van der Waals surface area contributed by atoms with Gasteiger partial charge in [-0.1, -0.05) is 47.5 Å². The van der Waals surface area contributed by atoms with E-state index in [4.69, 9.17) is 23.2 Å². The topological polar surface area (TPSA) is 121 Å². The normalized spacial score (nSPS) is 11.3. The molecule has 180 valence electrons. The van der Waals surface area contributed by atoms with Crippen molar-refractivity contribution in [1.29, 1.82) is 0 Å². The molecule has 0 aliphatic carbocycles. The molecular formula is C24H24Cl2N3NaO5. The van der Waals surface area contributed by atoms with E-state index in [0.717, 1.165) is 11.1 Å². The van der Waals surface area contributed by atoms with Crippen molar-refractivity contribution < 1.29 is 50.8 Å². The Morgan fingerprint density at radius 1 is 1.11 bits per heavy atom. The smallest absolute Gasteiger partial charge is 1.00 e. The summed E-state index contributed by atoms with van der Waals surface area (Å²) in [6.07, 6.45) is 1.08. The number of carboxylic acid groups (broad SMARTS) is 1. The summed E-state index contributed by atoms with van der Waals surface area (Å²) >= 11 is 12.1. The van der Waals surface area contributed by atoms with E-state index in [1.807, 2.05) is 6.07 Å². The number of halogens is 2. The summed E-state index contributed by atoms with van der Waals surface area (Å²) in [6, 6.07) is 10.3. The number of nitrogens with one attached hydrogen (secondary N) is 2. The van der Waals surface area contributed by atoms with Crippen LogP contribution < -0.4 is 45.8 Å². The van der Waals surface area contributed by atoms with Crippen LogP contribution in [0, 0.1) is 6.92 Å². The van der Waals surface area contributed by atoms with Crippen molar-refractivity contribution in [3.05, 3.63) is 80.2 Å². The number of carboxylic acids is 1. The van der Waals surface area contributed by atoms with E-state index in [2.05, 4.69) is 10.6 Å². The molecule has 1 atom stereocenters. The second-order valence-electron chi connectivity index (χ2n) is 7.63. The Morgan fingerprint density at radius 2 is 1.80 bits per heavy atom. The van der Waals surface area contributed by atoms with Crippen LogP contribution in [-0.2, 0) is 11.3 Å². The number of urea groups is 1. The summed E-state index contributed by atoms with van der Waals surface area (Å²) in [4.78, 5) is 36.8. The number of amides is 2. The number of benzene rings is 2. The number of carbonyl (C=O) groups is 2. The molecule has 11 heteroatoms. The summed E-state index contributed by atoms with van der Waals surface area (Å²) in [5.74, 6) is -1.47. The Morgan fingerprint density at radius 3 is 2.43 bits per heavy atom. The van der Waals surface area contributed by atoms with Gasteiger partial charge in [-0.15, -0.1) is 0 Å². The largest absolute Gasteiger partial charge is 1.00 e. The molecule has 0 saturated heterocycles. The number of aromatic hydroxyl groups is 1. The van der Waals surface area contributed by atoms with Gasteiger partial charge in [0.1, 0.15) is 5.75 Å². The molecule has 2 aromatic carbocycles. The molecule has 3 aromatic rings. The minimum absolute atomic E-state index is 0. The number of pyridine rings is 1. The molecule has 0 aliphatic heterocycles. The molecule has 0 aliphatic rings. The van der Waals surface area contributed by atoms with Gasteiger partial charge in [0.05, 0.1) is 22.5 Å². The predicted octanol–water partition coefficient (Wildman–Crippen LogP) is 2.31. The van der Waals surface area contributed by atoms with Crippen LogP contribution in [0.15, 0.2) is 53.5 Å². The van der Waals surface area contributed by atoms with Crippen LogP contribution in [0.4, 0.5) is 10.5 Å². The third-order valence-corrected chi connectivity index (χ3v) is 5.98. The molecule has 0 bridgehead atoms. The number of hydrogen-bond acceptors (Lipinski definition) is 4. The van der Waals surface area contributed by atoms with Gasteiger partial charge in [0.15, 0.2) is 5.69 Å². The van der Waals surface area contributed by atoms with Crippen molar-refractivity contribution >= 4 is 40.9 Å². The second-order valence-corrected chi connectivity index (χ2v) is 8.44. The Hall–Kier alpha value is -2.49. The summed E-state index contributed by atoms with van der Waals surface area (Å²) in [5, 5.41) is 25.4. The third kappa shape index (κ3) is 7.02. The number of carbonyl (C=O) groups excluding carboxylic acids is 1. The van der Waals surface area contributed by atoms with Gasteiger partial charge in [0.25, 0.3) is 5.56 Å². The van der Waals surface area contributed by atoms with Gasteiger partial charge < -0.3 is 26.8 Å². The van der Waals surface area contributed by atoms with Crippen molar-refractivity contribution in [2.24, 2.45) is 0 Å². The van der Waals surface area contributed by atoms with Gasteiger partial charge in [0, 0.05) is 18.3 Å². The zero-order valence-corrected chi connectivity index (χ0v) is 22.9. The molecule has 1 unspecified atom stereocenters. The summed E-state index contributed by atoms with van der Waals surface area (Å²) < 4.78 is 1.35. The Kier molecular flexibility index (Phi) is 10.2. The number of nitrogens with zero attached hydrogens (tertiary/aromatic N) is 1. The van der Waals surface area contributed by atoms with E-state index in [1.54, 1.807) is 50.2 Å². The first-order chi connectivity index (χ1) is 16.1. The van der Waals surface area contributed by atoms with Crippen molar-refractivity contribution in [2.75, 3.05) is 5.32 Å². The van der Waals surface area contributed by atoms with Crippen LogP contribution >= 0.6 is 23.2 Å². The standard InChI is InChI=1S/C24H23Cl2N3O5.Na.H/c1-3-29-12-13(2)22(32)21(23(29)33)28-24(34)27-19(11-20(30)31)16-6-4-5-14(9-16)15-7-8-17(25)18(26)10-15;;/h4-10,12,19,32H,3,11H2,1-2H3,(H,30,31)(H2,27,28,34);;/q;+1;-1. The minimum atomic E-state index is -1.13. The van der Waals surface area contributed by atoms with Gasteiger partial charge in [-0.25, -0.2) is 4.79 Å². The van der Waals surface area contributed by atoms with Crippen LogP contribution in [-0.4, -0.2) is 26.8 Å². The number of aromatic nitrogens is 1. The van der Waals surface area contributed by atoms with E-state index in [1.165, 1.54) is 10.8 Å². The second kappa shape index (κ2) is 12.5. The summed E-state index contributed by atoms with van der Waals surface area (Å²) in [6.45, 7) is 3.71. The molecule has 35 heavy (non-hydrogen) atoms. The fraction of sp³-hybridized carbons (Fsp3) is 0.208. The molecule has 4 N–H and O–H groups in total. The van der Waals surface area contributed by atoms with Crippen LogP contribution in [0.1, 0.15) is 31.9 Å².